The summed E-state index contributed by atoms with van der Waals surface area (Å²) in [4.78, 5) is 19.8. The zero-order valence-corrected chi connectivity index (χ0v) is 14.6. The van der Waals surface area contributed by atoms with E-state index < -0.39 is 6.03 Å². The van der Waals surface area contributed by atoms with E-state index >= 15 is 0 Å². The molecular formula is C20H15N7O. The van der Waals surface area contributed by atoms with Gasteiger partial charge in [0.05, 0.1) is 5.69 Å². The van der Waals surface area contributed by atoms with Gasteiger partial charge < -0.3 is 10.3 Å². The molecule has 0 spiro atoms. The topological polar surface area (TPSA) is 108 Å². The van der Waals surface area contributed by atoms with E-state index in [4.69, 9.17) is 0 Å². The van der Waals surface area contributed by atoms with Gasteiger partial charge in [0.2, 0.25) is 0 Å². The summed E-state index contributed by atoms with van der Waals surface area (Å²) in [5, 5.41) is 14.0. The number of carbonyl (C=O) groups excluding carboxylic acids is 1. The van der Waals surface area contributed by atoms with Gasteiger partial charge in [-0.3, -0.25) is 5.43 Å². The van der Waals surface area contributed by atoms with Gasteiger partial charge in [0.1, 0.15) is 5.52 Å². The Morgan fingerprint density at radius 1 is 0.857 bits per heavy atom. The maximum absolute atomic E-state index is 12.3. The number of para-hydroxylation sites is 1. The van der Waals surface area contributed by atoms with Gasteiger partial charge in [-0.25, -0.2) is 10.2 Å². The van der Waals surface area contributed by atoms with Gasteiger partial charge >= 0.3 is 6.03 Å². The minimum absolute atomic E-state index is 0.187. The fraction of sp³-hybridized carbons (Fsp3) is 0. The minimum atomic E-state index is -0.434. The third-order valence-electron chi connectivity index (χ3n) is 4.45. The SMILES string of the molecule is O=C(NNc1nnc2c(n1)[nH]c1ccccc12)Nc1cccc2ccccc12. The van der Waals surface area contributed by atoms with E-state index in [0.29, 0.717) is 16.9 Å². The van der Waals surface area contributed by atoms with Gasteiger partial charge in [-0.1, -0.05) is 54.6 Å². The van der Waals surface area contributed by atoms with E-state index in [-0.39, 0.29) is 5.95 Å². The Morgan fingerprint density at radius 2 is 1.64 bits per heavy atom. The van der Waals surface area contributed by atoms with Crippen molar-refractivity contribution in [1.82, 2.24) is 25.6 Å². The van der Waals surface area contributed by atoms with Crippen molar-refractivity contribution in [1.29, 1.82) is 0 Å². The van der Waals surface area contributed by atoms with E-state index in [1.165, 1.54) is 0 Å². The molecule has 0 radical (unpaired) electrons. The lowest BCUT2D eigenvalue weighted by atomic mass is 10.1. The zero-order valence-electron chi connectivity index (χ0n) is 14.6. The number of fused-ring (bicyclic) bond motifs is 4. The van der Waals surface area contributed by atoms with Crippen LogP contribution in [-0.2, 0) is 0 Å². The Bertz CT molecular complexity index is 1320. The van der Waals surface area contributed by atoms with Gasteiger partial charge in [0.15, 0.2) is 5.65 Å². The molecule has 5 rings (SSSR count). The van der Waals surface area contributed by atoms with Crippen molar-refractivity contribution in [3.8, 4) is 0 Å². The number of rotatable bonds is 3. The van der Waals surface area contributed by atoms with Crippen LogP contribution in [0, 0.1) is 0 Å². The molecule has 2 aromatic heterocycles. The predicted octanol–water partition coefficient (Wildman–Crippen LogP) is 3.81. The average Bonchev–Trinajstić information content (AvgIpc) is 3.10. The highest BCUT2D eigenvalue weighted by molar-refractivity contribution is 6.03. The van der Waals surface area contributed by atoms with Crippen LogP contribution in [0.4, 0.5) is 16.4 Å². The van der Waals surface area contributed by atoms with Crippen molar-refractivity contribution in [2.45, 2.75) is 0 Å². The quantitative estimate of drug-likeness (QED) is 0.362. The fourth-order valence-electron chi connectivity index (χ4n) is 3.17. The highest BCUT2D eigenvalue weighted by Gasteiger charge is 2.10. The summed E-state index contributed by atoms with van der Waals surface area (Å²) in [6.45, 7) is 0. The van der Waals surface area contributed by atoms with Crippen molar-refractivity contribution < 1.29 is 4.79 Å². The number of hydrazine groups is 1. The molecule has 2 amide bonds. The van der Waals surface area contributed by atoms with Crippen molar-refractivity contribution in [3.63, 3.8) is 0 Å². The normalized spacial score (nSPS) is 11.0. The van der Waals surface area contributed by atoms with Gasteiger partial charge in [-0.2, -0.15) is 4.98 Å². The molecule has 0 aliphatic rings. The highest BCUT2D eigenvalue weighted by atomic mass is 16.2. The summed E-state index contributed by atoms with van der Waals surface area (Å²) < 4.78 is 0. The number of aromatic amines is 1. The maximum atomic E-state index is 12.3. The van der Waals surface area contributed by atoms with Gasteiger partial charge in [0, 0.05) is 16.3 Å². The monoisotopic (exact) mass is 369 g/mol. The fourth-order valence-corrected chi connectivity index (χ4v) is 3.17. The number of anilines is 2. The molecule has 0 saturated carbocycles. The van der Waals surface area contributed by atoms with Crippen LogP contribution in [-0.4, -0.2) is 26.2 Å². The molecule has 0 fully saturated rings. The van der Waals surface area contributed by atoms with E-state index in [2.05, 4.69) is 36.3 Å². The average molecular weight is 369 g/mol. The Hall–Kier alpha value is -4.20. The smallest absolute Gasteiger partial charge is 0.337 e. The molecule has 8 heteroatoms. The lowest BCUT2D eigenvalue weighted by Crippen LogP contribution is -2.34. The molecule has 8 nitrogen and oxygen atoms in total. The Morgan fingerprint density at radius 3 is 2.57 bits per heavy atom. The summed E-state index contributed by atoms with van der Waals surface area (Å²) in [7, 11) is 0. The van der Waals surface area contributed by atoms with Crippen LogP contribution in [0.5, 0.6) is 0 Å². The summed E-state index contributed by atoms with van der Waals surface area (Å²) in [5.41, 5.74) is 8.13. The molecule has 0 aliphatic carbocycles. The molecule has 0 bridgehead atoms. The molecule has 28 heavy (non-hydrogen) atoms. The first-order chi connectivity index (χ1) is 13.8. The number of H-pyrrole nitrogens is 1. The van der Waals surface area contributed by atoms with Crippen LogP contribution >= 0.6 is 0 Å². The molecule has 2 heterocycles. The number of benzene rings is 3. The van der Waals surface area contributed by atoms with E-state index in [9.17, 15) is 4.79 Å². The van der Waals surface area contributed by atoms with Gasteiger partial charge in [0.25, 0.3) is 5.95 Å². The summed E-state index contributed by atoms with van der Waals surface area (Å²) in [5.74, 6) is 0.187. The first-order valence-corrected chi connectivity index (χ1v) is 8.70. The van der Waals surface area contributed by atoms with Gasteiger partial charge in [-0.15, -0.1) is 10.2 Å². The molecule has 0 aliphatic heterocycles. The lowest BCUT2D eigenvalue weighted by molar-refractivity contribution is 0.253. The molecule has 4 N–H and O–H groups in total. The molecule has 0 atom stereocenters. The third kappa shape index (κ3) is 2.82. The van der Waals surface area contributed by atoms with Crippen molar-refractivity contribution >= 4 is 50.5 Å². The largest absolute Gasteiger partial charge is 0.338 e. The lowest BCUT2D eigenvalue weighted by Gasteiger charge is -2.10. The molecule has 0 saturated heterocycles. The second kappa shape index (κ2) is 6.51. The van der Waals surface area contributed by atoms with E-state index in [0.717, 1.165) is 21.7 Å². The van der Waals surface area contributed by atoms with Crippen molar-refractivity contribution in [3.05, 3.63) is 66.7 Å². The zero-order chi connectivity index (χ0) is 18.9. The maximum Gasteiger partial charge on any atom is 0.337 e. The molecule has 5 aromatic rings. The van der Waals surface area contributed by atoms with Crippen LogP contribution in [0.15, 0.2) is 66.7 Å². The molecular weight excluding hydrogens is 354 g/mol. The van der Waals surface area contributed by atoms with Gasteiger partial charge in [-0.05, 0) is 17.5 Å². The van der Waals surface area contributed by atoms with Crippen molar-refractivity contribution in [2.24, 2.45) is 0 Å². The van der Waals surface area contributed by atoms with Crippen LogP contribution in [0.2, 0.25) is 0 Å². The number of urea groups is 1. The predicted molar refractivity (Wildman–Crippen MR) is 109 cm³/mol. The number of hydrogen-bond acceptors (Lipinski definition) is 5. The van der Waals surface area contributed by atoms with E-state index in [1.807, 2.05) is 66.7 Å². The summed E-state index contributed by atoms with van der Waals surface area (Å²) in [6, 6.07) is 20.9. The molecule has 0 unspecified atom stereocenters. The summed E-state index contributed by atoms with van der Waals surface area (Å²) in [6.07, 6.45) is 0. The van der Waals surface area contributed by atoms with Crippen LogP contribution in [0.1, 0.15) is 0 Å². The van der Waals surface area contributed by atoms with Crippen LogP contribution < -0.4 is 16.2 Å². The first-order valence-electron chi connectivity index (χ1n) is 8.70. The molecule has 3 aromatic carbocycles. The summed E-state index contributed by atoms with van der Waals surface area (Å²) >= 11 is 0. The first kappa shape index (κ1) is 16.0. The molecule has 136 valence electrons. The second-order valence-electron chi connectivity index (χ2n) is 6.23. The number of carbonyl (C=O) groups is 1. The Labute approximate surface area is 159 Å². The number of aromatic nitrogens is 4. The number of amides is 2. The Balaban J connectivity index is 1.33. The Kier molecular flexibility index (Phi) is 3.72. The van der Waals surface area contributed by atoms with Crippen LogP contribution in [0.25, 0.3) is 32.8 Å². The standard InChI is InChI=1S/C20H15N7O/c28-20(22-15-11-5-7-12-6-1-2-8-13(12)15)27-26-19-23-18-17(24-25-19)14-9-3-4-10-16(14)21-18/h1-11H,(H2,22,27,28)(H2,21,23,25,26). The number of nitrogens with zero attached hydrogens (tertiary/aromatic N) is 3. The highest BCUT2D eigenvalue weighted by Crippen LogP contribution is 2.23. The third-order valence-corrected chi connectivity index (χ3v) is 4.45. The van der Waals surface area contributed by atoms with Crippen LogP contribution in [0.3, 0.4) is 0 Å². The number of nitrogens with one attached hydrogen (secondary N) is 4. The minimum Gasteiger partial charge on any atom is -0.338 e. The number of hydrogen-bond donors (Lipinski definition) is 4. The van der Waals surface area contributed by atoms with E-state index in [1.54, 1.807) is 0 Å². The van der Waals surface area contributed by atoms with Crippen molar-refractivity contribution in [2.75, 3.05) is 10.7 Å². The second-order valence-corrected chi connectivity index (χ2v) is 6.23.